The fraction of sp³-hybridized carbons (Fsp3) is 0.765. The molecule has 1 aliphatic heterocycles. The highest BCUT2D eigenvalue weighted by molar-refractivity contribution is 6.76. The van der Waals surface area contributed by atoms with Crippen LogP contribution in [0.3, 0.4) is 0 Å². The summed E-state index contributed by atoms with van der Waals surface area (Å²) in [5.74, 6) is -0.743. The molecule has 0 aromatic heterocycles. The van der Waals surface area contributed by atoms with Crippen LogP contribution in [0.1, 0.15) is 76.2 Å². The molecule has 262 valence electrons. The predicted molar refractivity (Wildman–Crippen MR) is 183 cm³/mol. The summed E-state index contributed by atoms with van der Waals surface area (Å²) >= 11 is 6.14. The Hall–Kier alpha value is -1.92. The second-order valence-electron chi connectivity index (χ2n) is 14.7. The minimum Gasteiger partial charge on any atom is -0.465 e. The molecule has 0 spiro atoms. The second-order valence-corrected chi connectivity index (χ2v) is 20.7. The van der Waals surface area contributed by atoms with Gasteiger partial charge in [-0.1, -0.05) is 75.5 Å². The highest BCUT2D eigenvalue weighted by Gasteiger charge is 2.43. The van der Waals surface area contributed by atoms with Gasteiger partial charge in [-0.25, -0.2) is 14.0 Å². The van der Waals surface area contributed by atoms with Crippen molar-refractivity contribution >= 4 is 31.8 Å². The van der Waals surface area contributed by atoms with E-state index in [9.17, 15) is 24.9 Å². The number of hydrogen-bond acceptors (Lipinski definition) is 5. The van der Waals surface area contributed by atoms with Gasteiger partial charge < -0.3 is 35.2 Å². The first kappa shape index (κ1) is 38.5. The largest absolute Gasteiger partial charge is 0.465 e. The van der Waals surface area contributed by atoms with E-state index in [-0.39, 0.29) is 29.7 Å². The number of nitrogens with zero attached hydrogens (tertiary/aromatic N) is 2. The number of benzene rings is 1. The van der Waals surface area contributed by atoms with Crippen LogP contribution in [-0.2, 0) is 10.3 Å². The molecule has 2 aliphatic rings. The van der Waals surface area contributed by atoms with E-state index in [1.165, 1.54) is 17.4 Å². The normalized spacial score (nSPS) is 20.5. The number of carboxylic acid groups (broad SMARTS) is 1. The summed E-state index contributed by atoms with van der Waals surface area (Å²) in [4.78, 5) is 28.9. The lowest BCUT2D eigenvalue weighted by Crippen LogP contribution is -2.56. The summed E-state index contributed by atoms with van der Waals surface area (Å²) in [5.41, 5.74) is -1.40. The van der Waals surface area contributed by atoms with Crippen molar-refractivity contribution in [3.8, 4) is 0 Å². The third kappa shape index (κ3) is 11.4. The van der Waals surface area contributed by atoms with E-state index in [0.717, 1.165) is 31.7 Å². The van der Waals surface area contributed by atoms with Crippen molar-refractivity contribution < 1.29 is 34.0 Å². The lowest BCUT2D eigenvalue weighted by Gasteiger charge is -2.43. The molecule has 1 saturated heterocycles. The van der Waals surface area contributed by atoms with E-state index in [0.29, 0.717) is 64.1 Å². The number of hydrogen-bond donors (Lipinski definition) is 4. The van der Waals surface area contributed by atoms with Crippen LogP contribution in [0.2, 0.25) is 30.7 Å². The summed E-state index contributed by atoms with van der Waals surface area (Å²) in [7, 11) is 0.102. The Labute approximate surface area is 280 Å². The number of aliphatic hydroxyl groups excluding tert-OH is 1. The Morgan fingerprint density at radius 3 is 2.54 bits per heavy atom. The van der Waals surface area contributed by atoms with Crippen LogP contribution >= 0.6 is 11.6 Å². The van der Waals surface area contributed by atoms with Crippen molar-refractivity contribution in [2.75, 3.05) is 39.9 Å². The summed E-state index contributed by atoms with van der Waals surface area (Å²) in [5, 5.41) is 36.5. The molecule has 0 unspecified atom stereocenters. The molecule has 1 saturated carbocycles. The lowest BCUT2D eigenvalue weighted by molar-refractivity contribution is -0.0590. The number of rotatable bonds is 16. The summed E-state index contributed by atoms with van der Waals surface area (Å²) in [6.45, 7) is 8.02. The number of ether oxygens (including phenoxy) is 1. The Bertz CT molecular complexity index is 1120. The van der Waals surface area contributed by atoms with Crippen LogP contribution < -0.4 is 5.32 Å². The van der Waals surface area contributed by atoms with Crippen molar-refractivity contribution in [2.24, 2.45) is 11.8 Å². The molecular formula is C34H57ClFN3O6Si. The Balaban J connectivity index is 1.79. The number of halogens is 2. The highest BCUT2D eigenvalue weighted by Crippen LogP contribution is 2.42. The fourth-order valence-electron chi connectivity index (χ4n) is 7.02. The van der Waals surface area contributed by atoms with E-state index < -0.39 is 43.6 Å². The number of unbranched alkanes of at least 4 members (excludes halogenated alkanes) is 1. The first-order valence-corrected chi connectivity index (χ1v) is 21.2. The average molecular weight is 686 g/mol. The summed E-state index contributed by atoms with van der Waals surface area (Å²) in [6, 6.07) is 4.46. The number of methoxy groups -OCH3 is 1. The van der Waals surface area contributed by atoms with Crippen LogP contribution in [-0.4, -0.2) is 97.4 Å². The minimum atomic E-state index is -1.54. The molecule has 4 atom stereocenters. The maximum Gasteiger partial charge on any atom is 0.407 e. The van der Waals surface area contributed by atoms with Crippen molar-refractivity contribution in [1.82, 2.24) is 15.1 Å². The van der Waals surface area contributed by atoms with Crippen molar-refractivity contribution in [3.63, 3.8) is 0 Å². The highest BCUT2D eigenvalue weighted by atomic mass is 35.5. The lowest BCUT2D eigenvalue weighted by atomic mass is 9.74. The van der Waals surface area contributed by atoms with Crippen LogP contribution in [0, 0.1) is 17.7 Å². The van der Waals surface area contributed by atoms with E-state index >= 15 is 4.39 Å². The number of piperidine rings is 1. The molecule has 12 heteroatoms. The monoisotopic (exact) mass is 685 g/mol. The zero-order valence-electron chi connectivity index (χ0n) is 28.3. The number of amides is 3. The van der Waals surface area contributed by atoms with Gasteiger partial charge in [0.2, 0.25) is 0 Å². The maximum absolute atomic E-state index is 15.4. The van der Waals surface area contributed by atoms with Crippen LogP contribution in [0.15, 0.2) is 18.2 Å². The van der Waals surface area contributed by atoms with Gasteiger partial charge in [0.1, 0.15) is 5.82 Å². The second kappa shape index (κ2) is 18.0. The molecule has 3 amide bonds. The van der Waals surface area contributed by atoms with Gasteiger partial charge >= 0.3 is 12.1 Å². The molecule has 3 rings (SSSR count). The molecular weight excluding hydrogens is 629 g/mol. The smallest absolute Gasteiger partial charge is 0.407 e. The summed E-state index contributed by atoms with van der Waals surface area (Å²) < 4.78 is 20.5. The van der Waals surface area contributed by atoms with Crippen LogP contribution in [0.5, 0.6) is 0 Å². The van der Waals surface area contributed by atoms with E-state index in [1.807, 2.05) is 0 Å². The van der Waals surface area contributed by atoms with Gasteiger partial charge in [-0.3, -0.25) is 0 Å². The van der Waals surface area contributed by atoms with Crippen molar-refractivity contribution in [2.45, 2.75) is 114 Å². The predicted octanol–water partition coefficient (Wildman–Crippen LogP) is 6.92. The molecule has 46 heavy (non-hydrogen) atoms. The SMILES string of the molecule is COCCCC[C@@](O)(c1cccc(Cl)c1F)[C@@H]1CCCN(C(=O)N[C@@H](CC2CCCCC2)[C@@H](O)CN(CC[Si](C)(C)C)C(=O)O)C1. The number of nitrogens with one attached hydrogen (secondary N) is 1. The third-order valence-corrected chi connectivity index (χ3v) is 11.9. The minimum absolute atomic E-state index is 0.0574. The van der Waals surface area contributed by atoms with Crippen molar-refractivity contribution in [3.05, 3.63) is 34.6 Å². The number of likely N-dealkylation sites (tertiary alicyclic amines) is 1. The van der Waals surface area contributed by atoms with Gasteiger partial charge in [0, 0.05) is 52.9 Å². The number of carbonyl (C=O) groups is 2. The number of urea groups is 1. The molecule has 2 fully saturated rings. The van der Waals surface area contributed by atoms with Gasteiger partial charge in [0.15, 0.2) is 0 Å². The molecule has 1 aromatic carbocycles. The van der Waals surface area contributed by atoms with Gasteiger partial charge in [-0.2, -0.15) is 0 Å². The topological polar surface area (TPSA) is 123 Å². The van der Waals surface area contributed by atoms with Gasteiger partial charge in [-0.05, 0) is 56.6 Å². The Morgan fingerprint density at radius 2 is 1.89 bits per heavy atom. The Morgan fingerprint density at radius 1 is 1.17 bits per heavy atom. The van der Waals surface area contributed by atoms with Crippen LogP contribution in [0.4, 0.5) is 14.0 Å². The Kier molecular flexibility index (Phi) is 15.1. The maximum atomic E-state index is 15.4. The molecule has 0 radical (unpaired) electrons. The van der Waals surface area contributed by atoms with E-state index in [1.54, 1.807) is 24.1 Å². The van der Waals surface area contributed by atoms with E-state index in [4.69, 9.17) is 16.3 Å². The summed E-state index contributed by atoms with van der Waals surface area (Å²) in [6.07, 6.45) is 6.68. The molecule has 4 N–H and O–H groups in total. The van der Waals surface area contributed by atoms with Gasteiger partial charge in [0.05, 0.1) is 29.3 Å². The molecule has 1 aromatic rings. The first-order chi connectivity index (χ1) is 21.7. The molecule has 1 heterocycles. The zero-order chi connectivity index (χ0) is 33.9. The molecule has 9 nitrogen and oxygen atoms in total. The zero-order valence-corrected chi connectivity index (χ0v) is 30.0. The van der Waals surface area contributed by atoms with Crippen LogP contribution in [0.25, 0.3) is 0 Å². The van der Waals surface area contributed by atoms with Gasteiger partial charge in [-0.15, -0.1) is 0 Å². The molecule has 1 aliphatic carbocycles. The quantitative estimate of drug-likeness (QED) is 0.111. The number of aliphatic hydroxyl groups is 2. The average Bonchev–Trinajstić information content (AvgIpc) is 3.02. The van der Waals surface area contributed by atoms with Crippen molar-refractivity contribution in [1.29, 1.82) is 0 Å². The van der Waals surface area contributed by atoms with Gasteiger partial charge in [0.25, 0.3) is 0 Å². The third-order valence-electron chi connectivity index (χ3n) is 9.85. The number of carbonyl (C=O) groups excluding carboxylic acids is 1. The molecule has 0 bridgehead atoms. The van der Waals surface area contributed by atoms with E-state index in [2.05, 4.69) is 25.0 Å². The first-order valence-electron chi connectivity index (χ1n) is 17.1. The fourth-order valence-corrected chi connectivity index (χ4v) is 8.14. The standard InChI is InChI=1S/C34H57ClFN3O6Si/c1-45-20-9-8-17-34(44,27-15-10-16-28(35)31(27)36)26-14-11-18-38(23-26)32(41)37-29(22-25-12-6-5-7-13-25)30(40)24-39(33(42)43)19-21-46(2,3)4/h10,15-16,25-26,29-30,40,44H,5-9,11-14,17-24H2,1-4H3,(H,37,41)(H,42,43)/t26-,29+,30+,34+/m1/s1.